The Kier molecular flexibility index (Phi) is 14.2. The molecule has 0 spiro atoms. The van der Waals surface area contributed by atoms with Crippen molar-refractivity contribution in [1.29, 1.82) is 0 Å². The van der Waals surface area contributed by atoms with Crippen molar-refractivity contribution in [3.63, 3.8) is 0 Å². The molecule has 1 aliphatic heterocycles. The molecule has 38 heavy (non-hydrogen) atoms. The van der Waals surface area contributed by atoms with E-state index in [4.69, 9.17) is 13.7 Å². The molecule has 0 radical (unpaired) electrons. The van der Waals surface area contributed by atoms with Crippen LogP contribution in [0.15, 0.2) is 71.6 Å². The molecule has 1 heterocycles. The molecule has 6 nitrogen and oxygen atoms in total. The lowest BCUT2D eigenvalue weighted by Gasteiger charge is -2.34. The number of methoxy groups -OCH3 is 2. The first kappa shape index (κ1) is 31.1. The van der Waals surface area contributed by atoms with Crippen molar-refractivity contribution in [1.82, 2.24) is 4.90 Å². The minimum Gasteiger partial charge on any atom is -0.493 e. The van der Waals surface area contributed by atoms with Crippen LogP contribution in [0.5, 0.6) is 17.2 Å². The van der Waals surface area contributed by atoms with Crippen LogP contribution in [0, 0.1) is 6.92 Å². The minimum atomic E-state index is 0.403. The molecule has 4 rings (SSSR count). The molecule has 3 aromatic rings. The van der Waals surface area contributed by atoms with Crippen molar-refractivity contribution < 1.29 is 18.5 Å². The molecule has 3 aromatic carbocycles. The monoisotopic (exact) mass is 538 g/mol. The Labute approximate surface area is 233 Å². The van der Waals surface area contributed by atoms with Gasteiger partial charge >= 0.3 is 0 Å². The van der Waals surface area contributed by atoms with Crippen molar-refractivity contribution in [2.24, 2.45) is 0 Å². The number of hydrogen-bond donors (Lipinski definition) is 0. The van der Waals surface area contributed by atoms with Crippen LogP contribution >= 0.6 is 12.0 Å². The van der Waals surface area contributed by atoms with Crippen LogP contribution in [0.4, 0.5) is 5.69 Å². The Morgan fingerprint density at radius 1 is 0.842 bits per heavy atom. The van der Waals surface area contributed by atoms with E-state index in [-0.39, 0.29) is 0 Å². The van der Waals surface area contributed by atoms with E-state index in [1.807, 2.05) is 6.07 Å². The van der Waals surface area contributed by atoms with E-state index < -0.39 is 0 Å². The van der Waals surface area contributed by atoms with Crippen molar-refractivity contribution in [3.05, 3.63) is 77.9 Å². The third-order valence-corrected chi connectivity index (χ3v) is 6.47. The molecule has 0 unspecified atom stereocenters. The second kappa shape index (κ2) is 17.4. The fourth-order valence-corrected chi connectivity index (χ4v) is 4.12. The van der Waals surface area contributed by atoms with Gasteiger partial charge in [0, 0.05) is 43.2 Å². The number of likely N-dealkylation sites (N-methyl/N-ethyl adjacent to an activating group) is 1. The third-order valence-electron chi connectivity index (χ3n) is 5.73. The summed E-state index contributed by atoms with van der Waals surface area (Å²) >= 11 is 1.40. The largest absolute Gasteiger partial charge is 0.493 e. The first-order chi connectivity index (χ1) is 18.4. The molecule has 0 atom stereocenters. The summed E-state index contributed by atoms with van der Waals surface area (Å²) in [6.45, 7) is 10.8. The van der Waals surface area contributed by atoms with Gasteiger partial charge < -0.3 is 28.3 Å². The first-order valence-electron chi connectivity index (χ1n) is 13.0. The Hall–Kier alpha value is -3.16. The number of rotatable bonds is 8. The number of hydrogen-bond acceptors (Lipinski definition) is 7. The number of ether oxygens (including phenoxy) is 2. The van der Waals surface area contributed by atoms with Crippen molar-refractivity contribution in [2.75, 3.05) is 52.3 Å². The quantitative estimate of drug-likeness (QED) is 0.234. The van der Waals surface area contributed by atoms with Crippen LogP contribution in [0.1, 0.15) is 31.4 Å². The molecular formula is C31H42N2O4S. The van der Waals surface area contributed by atoms with Crippen molar-refractivity contribution in [3.8, 4) is 17.2 Å². The highest BCUT2D eigenvalue weighted by Gasteiger charge is 2.14. The molecule has 0 saturated carbocycles. The predicted molar refractivity (Wildman–Crippen MR) is 159 cm³/mol. The van der Waals surface area contributed by atoms with E-state index in [0.717, 1.165) is 48.7 Å². The number of anilines is 1. The molecule has 206 valence electrons. The molecule has 0 bridgehead atoms. The van der Waals surface area contributed by atoms with E-state index in [2.05, 4.69) is 86.1 Å². The Bertz CT molecular complexity index is 1070. The normalized spacial score (nSPS) is 12.8. The van der Waals surface area contributed by atoms with Crippen molar-refractivity contribution >= 4 is 24.0 Å². The topological polar surface area (TPSA) is 51.2 Å². The molecule has 1 aliphatic rings. The van der Waals surface area contributed by atoms with Gasteiger partial charge in [0.15, 0.2) is 11.5 Å². The zero-order chi connectivity index (χ0) is 27.8. The zero-order valence-corrected chi connectivity index (χ0v) is 24.4. The summed E-state index contributed by atoms with van der Waals surface area (Å²) in [6, 6.07) is 22.2. The van der Waals surface area contributed by atoms with Crippen LogP contribution in [0.3, 0.4) is 0 Å². The average Bonchev–Trinajstić information content (AvgIpc) is 2.94. The lowest BCUT2D eigenvalue weighted by atomic mass is 10.1. The standard InChI is InChI=1S/C18H22N2OS.C10H12O3.C3H8/c1-15-3-9-18(10-4-15)22-21-17-7-5-16(6-8-17)20-13-11-19(2)12-14-20;1-12-9-4-3-8(5-6-11)7-10(9)13-2;1-3-2/h3-10H,11-14H2,1-2H3;3-4,6-7H,5H2,1-2H3;3H2,1-2H3. The fourth-order valence-electron chi connectivity index (χ4n) is 3.57. The van der Waals surface area contributed by atoms with Crippen LogP contribution in [0.25, 0.3) is 0 Å². The molecule has 0 N–H and O–H groups in total. The predicted octanol–water partition coefficient (Wildman–Crippen LogP) is 6.69. The summed E-state index contributed by atoms with van der Waals surface area (Å²) in [6.07, 6.45) is 2.52. The van der Waals surface area contributed by atoms with E-state index in [9.17, 15) is 4.79 Å². The summed E-state index contributed by atoms with van der Waals surface area (Å²) < 4.78 is 15.9. The lowest BCUT2D eigenvalue weighted by Crippen LogP contribution is -2.44. The van der Waals surface area contributed by atoms with Gasteiger partial charge in [-0.05, 0) is 68.1 Å². The van der Waals surface area contributed by atoms with Gasteiger partial charge in [0.1, 0.15) is 12.0 Å². The van der Waals surface area contributed by atoms with Gasteiger partial charge in [0.25, 0.3) is 0 Å². The summed E-state index contributed by atoms with van der Waals surface area (Å²) in [5, 5.41) is 0. The van der Waals surface area contributed by atoms with Crippen LogP contribution in [-0.4, -0.2) is 58.6 Å². The van der Waals surface area contributed by atoms with Crippen LogP contribution < -0.4 is 18.6 Å². The molecule has 7 heteroatoms. The summed E-state index contributed by atoms with van der Waals surface area (Å²) in [5.74, 6) is 2.22. The molecule has 1 saturated heterocycles. The molecule has 1 fully saturated rings. The Morgan fingerprint density at radius 2 is 1.45 bits per heavy atom. The van der Waals surface area contributed by atoms with Crippen LogP contribution in [0.2, 0.25) is 0 Å². The number of aldehydes is 1. The number of nitrogens with zero attached hydrogens (tertiary/aromatic N) is 2. The molecule has 0 aromatic heterocycles. The van der Waals surface area contributed by atoms with Gasteiger partial charge in [-0.3, -0.25) is 0 Å². The highest BCUT2D eigenvalue weighted by atomic mass is 32.2. The zero-order valence-electron chi connectivity index (χ0n) is 23.6. The highest BCUT2D eigenvalue weighted by molar-refractivity contribution is 7.95. The second-order valence-corrected chi connectivity index (χ2v) is 9.84. The summed E-state index contributed by atoms with van der Waals surface area (Å²) in [5.41, 5.74) is 3.47. The van der Waals surface area contributed by atoms with E-state index in [1.54, 1.807) is 26.4 Å². The van der Waals surface area contributed by atoms with E-state index >= 15 is 0 Å². The average molecular weight is 539 g/mol. The maximum absolute atomic E-state index is 10.3. The van der Waals surface area contributed by atoms with Crippen LogP contribution in [-0.2, 0) is 11.2 Å². The summed E-state index contributed by atoms with van der Waals surface area (Å²) in [4.78, 5) is 16.2. The number of carbonyl (C=O) groups is 1. The maximum atomic E-state index is 10.3. The smallest absolute Gasteiger partial charge is 0.161 e. The number of carbonyl (C=O) groups excluding carboxylic acids is 1. The number of piperazine rings is 1. The van der Waals surface area contributed by atoms with Gasteiger partial charge in [-0.25, -0.2) is 0 Å². The van der Waals surface area contributed by atoms with Gasteiger partial charge in [-0.2, -0.15) is 0 Å². The molecule has 0 aliphatic carbocycles. The Morgan fingerprint density at radius 3 is 2.00 bits per heavy atom. The molecule has 0 amide bonds. The Balaban J connectivity index is 0.000000270. The van der Waals surface area contributed by atoms with Gasteiger partial charge in [0.05, 0.1) is 26.3 Å². The number of benzene rings is 3. The first-order valence-corrected chi connectivity index (χ1v) is 13.8. The fraction of sp³-hybridized carbons (Fsp3) is 0.387. The SMILES string of the molecule is CCC.COc1ccc(CC=O)cc1OC.Cc1ccc(SOc2ccc(N3CCN(C)CC3)cc2)cc1. The van der Waals surface area contributed by atoms with Crippen molar-refractivity contribution in [2.45, 2.75) is 38.5 Å². The third kappa shape index (κ3) is 10.7. The van der Waals surface area contributed by atoms with Gasteiger partial charge in [-0.1, -0.05) is 44.0 Å². The van der Waals surface area contributed by atoms with Gasteiger partial charge in [0.2, 0.25) is 0 Å². The second-order valence-electron chi connectivity index (χ2n) is 9.03. The summed E-state index contributed by atoms with van der Waals surface area (Å²) in [7, 11) is 5.33. The minimum absolute atomic E-state index is 0.403. The van der Waals surface area contributed by atoms with E-state index in [0.29, 0.717) is 17.9 Å². The van der Waals surface area contributed by atoms with E-state index in [1.165, 1.54) is 29.7 Å². The lowest BCUT2D eigenvalue weighted by molar-refractivity contribution is -0.107. The number of aryl methyl sites for hydroxylation is 1. The maximum Gasteiger partial charge on any atom is 0.161 e. The molecular weight excluding hydrogens is 496 g/mol. The van der Waals surface area contributed by atoms with Gasteiger partial charge in [-0.15, -0.1) is 0 Å². The highest BCUT2D eigenvalue weighted by Crippen LogP contribution is 2.28.